The smallest absolute Gasteiger partial charge is 0.141 e. The molecule has 2 aromatic heterocycles. The Morgan fingerprint density at radius 1 is 1.12 bits per heavy atom. The Morgan fingerprint density at radius 2 is 1.97 bits per heavy atom. The van der Waals surface area contributed by atoms with E-state index in [9.17, 15) is 4.39 Å². The third-order valence-electron chi connectivity index (χ3n) is 7.27. The van der Waals surface area contributed by atoms with Crippen molar-refractivity contribution in [3.8, 4) is 23.6 Å². The maximum atomic E-state index is 14.6. The third kappa shape index (κ3) is 3.40. The zero-order valence-corrected chi connectivity index (χ0v) is 19.6. The van der Waals surface area contributed by atoms with Crippen molar-refractivity contribution in [2.24, 2.45) is 5.92 Å². The van der Waals surface area contributed by atoms with E-state index in [0.29, 0.717) is 11.8 Å². The van der Waals surface area contributed by atoms with Crippen molar-refractivity contribution in [3.05, 3.63) is 59.3 Å². The average molecular weight is 451 g/mol. The molecule has 1 saturated carbocycles. The summed E-state index contributed by atoms with van der Waals surface area (Å²) in [6.07, 6.45) is 12.3. The number of hydrogen-bond donors (Lipinski definition) is 0. The second-order valence-corrected chi connectivity index (χ2v) is 9.84. The van der Waals surface area contributed by atoms with Gasteiger partial charge in [-0.2, -0.15) is 0 Å². The Labute approximate surface area is 199 Å². The van der Waals surface area contributed by atoms with E-state index in [1.807, 2.05) is 24.4 Å². The van der Waals surface area contributed by atoms with Crippen LogP contribution in [0, 0.1) is 31.0 Å². The lowest BCUT2D eigenvalue weighted by Crippen LogP contribution is -2.35. The van der Waals surface area contributed by atoms with Crippen molar-refractivity contribution in [2.75, 3.05) is 18.0 Å². The van der Waals surface area contributed by atoms with Crippen LogP contribution in [0.3, 0.4) is 0 Å². The van der Waals surface area contributed by atoms with E-state index in [1.165, 1.54) is 18.9 Å². The van der Waals surface area contributed by atoms with Gasteiger partial charge in [-0.1, -0.05) is 37.1 Å². The molecule has 1 unspecified atom stereocenters. The highest BCUT2D eigenvalue weighted by molar-refractivity contribution is 6.03. The molecule has 0 N–H and O–H groups in total. The molecule has 0 spiro atoms. The van der Waals surface area contributed by atoms with Gasteiger partial charge in [-0.25, -0.2) is 14.4 Å². The maximum Gasteiger partial charge on any atom is 0.141 e. The van der Waals surface area contributed by atoms with Crippen molar-refractivity contribution in [2.45, 2.75) is 45.4 Å². The van der Waals surface area contributed by atoms with Crippen LogP contribution in [0.2, 0.25) is 0 Å². The predicted molar refractivity (Wildman–Crippen MR) is 135 cm³/mol. The van der Waals surface area contributed by atoms with Gasteiger partial charge in [0.1, 0.15) is 17.5 Å². The monoisotopic (exact) mass is 450 g/mol. The minimum Gasteiger partial charge on any atom is -0.356 e. The molecule has 0 radical (unpaired) electrons. The number of hydrogen-bond acceptors (Lipinski definition) is 4. The lowest BCUT2D eigenvalue weighted by molar-refractivity contribution is 0.445. The summed E-state index contributed by atoms with van der Waals surface area (Å²) in [6, 6.07) is 9.10. The predicted octanol–water partition coefficient (Wildman–Crippen LogP) is 6.39. The number of aryl methyl sites for hydroxylation is 1. The Hall–Kier alpha value is -3.52. The van der Waals surface area contributed by atoms with E-state index in [-0.39, 0.29) is 11.4 Å². The molecule has 1 saturated heterocycles. The first-order valence-electron chi connectivity index (χ1n) is 12.2. The topological polar surface area (TPSA) is 41.9 Å². The molecule has 2 aliphatic rings. The van der Waals surface area contributed by atoms with E-state index in [1.54, 1.807) is 6.07 Å². The molecule has 1 aliphatic heterocycles. The zero-order chi connectivity index (χ0) is 23.4. The van der Waals surface area contributed by atoms with Crippen LogP contribution in [-0.4, -0.2) is 28.0 Å². The lowest BCUT2D eigenvalue weighted by Gasteiger charge is -2.32. The van der Waals surface area contributed by atoms with Crippen LogP contribution in [-0.2, 0) is 0 Å². The van der Waals surface area contributed by atoms with E-state index in [0.717, 1.165) is 76.1 Å². The normalized spacial score (nSPS) is 18.4. The molecule has 5 heteroatoms. The van der Waals surface area contributed by atoms with Gasteiger partial charge in [0.2, 0.25) is 0 Å². The second kappa shape index (κ2) is 8.06. The standard InChI is InChI=1S/C29H27FN4/c1-4-21-24(30)13-12-19-8-5-9-22(25(19)21)26-18(3)27-23(15-31-26)29(33-28(32-27)20-10-11-20)34-14-6-7-17(2)16-34/h1,5,8-9,12-13,15,17,20H,6-7,10-11,14,16H2,2-3H3. The molecule has 4 nitrogen and oxygen atoms in total. The summed E-state index contributed by atoms with van der Waals surface area (Å²) in [4.78, 5) is 17.4. The zero-order valence-electron chi connectivity index (χ0n) is 19.6. The molecule has 3 heterocycles. The maximum absolute atomic E-state index is 14.6. The van der Waals surface area contributed by atoms with Crippen molar-refractivity contribution in [1.29, 1.82) is 0 Å². The minimum absolute atomic E-state index is 0.277. The Morgan fingerprint density at radius 3 is 2.74 bits per heavy atom. The van der Waals surface area contributed by atoms with Gasteiger partial charge in [-0.05, 0) is 50.0 Å². The van der Waals surface area contributed by atoms with Gasteiger partial charge < -0.3 is 4.90 Å². The highest BCUT2D eigenvalue weighted by Crippen LogP contribution is 2.42. The summed E-state index contributed by atoms with van der Waals surface area (Å²) in [7, 11) is 0. The van der Waals surface area contributed by atoms with E-state index >= 15 is 0 Å². The quantitative estimate of drug-likeness (QED) is 0.339. The molecular formula is C29H27FN4. The van der Waals surface area contributed by atoms with Crippen molar-refractivity contribution in [1.82, 2.24) is 15.0 Å². The number of fused-ring (bicyclic) bond motifs is 2. The molecule has 2 fully saturated rings. The van der Waals surface area contributed by atoms with Gasteiger partial charge in [0.05, 0.1) is 22.2 Å². The van der Waals surface area contributed by atoms with Crippen molar-refractivity contribution in [3.63, 3.8) is 0 Å². The molecule has 1 atom stereocenters. The summed E-state index contributed by atoms with van der Waals surface area (Å²) in [5.74, 6) is 5.21. The summed E-state index contributed by atoms with van der Waals surface area (Å²) in [6.45, 7) is 6.38. The molecular weight excluding hydrogens is 423 g/mol. The molecule has 2 aromatic carbocycles. The SMILES string of the molecule is C#Cc1c(F)ccc2cccc(-c3ncc4c(N5CCCC(C)C5)nc(C5CC5)nc4c3C)c12. The first kappa shape index (κ1) is 21.0. The Balaban J connectivity index is 1.60. The summed E-state index contributed by atoms with van der Waals surface area (Å²) < 4.78 is 14.6. The first-order chi connectivity index (χ1) is 16.5. The summed E-state index contributed by atoms with van der Waals surface area (Å²) in [5, 5.41) is 2.61. The van der Waals surface area contributed by atoms with Gasteiger partial charge in [-0.15, -0.1) is 6.42 Å². The van der Waals surface area contributed by atoms with Crippen LogP contribution in [0.1, 0.15) is 55.5 Å². The van der Waals surface area contributed by atoms with Crippen molar-refractivity contribution < 1.29 is 4.39 Å². The van der Waals surface area contributed by atoms with Crippen LogP contribution < -0.4 is 4.90 Å². The molecule has 6 rings (SSSR count). The average Bonchev–Trinajstić information content (AvgIpc) is 3.69. The Bertz CT molecular complexity index is 1480. The number of benzene rings is 2. The number of halogens is 1. The molecule has 0 bridgehead atoms. The summed E-state index contributed by atoms with van der Waals surface area (Å²) >= 11 is 0. The van der Waals surface area contributed by atoms with E-state index < -0.39 is 0 Å². The fourth-order valence-electron chi connectivity index (χ4n) is 5.33. The van der Waals surface area contributed by atoms with Crippen LogP contribution in [0.15, 0.2) is 36.5 Å². The molecule has 34 heavy (non-hydrogen) atoms. The van der Waals surface area contributed by atoms with Crippen LogP contribution in [0.5, 0.6) is 0 Å². The number of rotatable bonds is 3. The summed E-state index contributed by atoms with van der Waals surface area (Å²) in [5.41, 5.74) is 3.82. The fraction of sp³-hybridized carbons (Fsp3) is 0.345. The lowest BCUT2D eigenvalue weighted by atomic mass is 9.94. The molecule has 4 aromatic rings. The number of pyridine rings is 1. The van der Waals surface area contributed by atoms with Crippen LogP contribution >= 0.6 is 0 Å². The van der Waals surface area contributed by atoms with Crippen molar-refractivity contribution >= 4 is 27.5 Å². The third-order valence-corrected chi connectivity index (χ3v) is 7.27. The van der Waals surface area contributed by atoms with Gasteiger partial charge in [0.25, 0.3) is 0 Å². The molecule has 1 aliphatic carbocycles. The van der Waals surface area contributed by atoms with Crippen LogP contribution in [0.4, 0.5) is 10.2 Å². The van der Waals surface area contributed by atoms with Gasteiger partial charge in [-0.3, -0.25) is 4.98 Å². The molecule has 170 valence electrons. The van der Waals surface area contributed by atoms with Gasteiger partial charge in [0, 0.05) is 41.7 Å². The van der Waals surface area contributed by atoms with Gasteiger partial charge in [0.15, 0.2) is 0 Å². The Kier molecular flexibility index (Phi) is 4.99. The van der Waals surface area contributed by atoms with Gasteiger partial charge >= 0.3 is 0 Å². The van der Waals surface area contributed by atoms with E-state index in [4.69, 9.17) is 21.4 Å². The number of anilines is 1. The fourth-order valence-corrected chi connectivity index (χ4v) is 5.33. The second-order valence-electron chi connectivity index (χ2n) is 9.84. The number of aromatic nitrogens is 3. The highest BCUT2D eigenvalue weighted by Gasteiger charge is 2.30. The number of piperidine rings is 1. The van der Waals surface area contributed by atoms with E-state index in [2.05, 4.69) is 24.7 Å². The highest BCUT2D eigenvalue weighted by atomic mass is 19.1. The molecule has 0 amide bonds. The largest absolute Gasteiger partial charge is 0.356 e. The first-order valence-corrected chi connectivity index (χ1v) is 12.2. The number of nitrogens with zero attached hydrogens (tertiary/aromatic N) is 4. The number of terminal acetylenes is 1. The van der Waals surface area contributed by atoms with Crippen LogP contribution in [0.25, 0.3) is 32.9 Å². The minimum atomic E-state index is -0.388.